The molecule has 0 aliphatic carbocycles. The summed E-state index contributed by atoms with van der Waals surface area (Å²) in [5.41, 5.74) is 0.775. The first-order valence-corrected chi connectivity index (χ1v) is 9.04. The molecule has 8 nitrogen and oxygen atoms in total. The smallest absolute Gasteiger partial charge is 0.273 e. The Morgan fingerprint density at radius 2 is 2.21 bits per heavy atom. The van der Waals surface area contributed by atoms with Crippen LogP contribution in [0.15, 0.2) is 35.0 Å². The van der Waals surface area contributed by atoms with Crippen LogP contribution in [-0.2, 0) is 6.54 Å². The van der Waals surface area contributed by atoms with Crippen molar-refractivity contribution in [3.8, 4) is 17.3 Å². The fourth-order valence-corrected chi connectivity index (χ4v) is 2.91. The van der Waals surface area contributed by atoms with E-state index in [2.05, 4.69) is 15.6 Å². The van der Waals surface area contributed by atoms with Crippen LogP contribution in [0.25, 0.3) is 11.3 Å². The fraction of sp³-hybridized carbons (Fsp3) is 0.263. The average Bonchev–Trinajstić information content (AvgIpc) is 3.31. The highest BCUT2D eigenvalue weighted by Crippen LogP contribution is 2.26. The van der Waals surface area contributed by atoms with Crippen molar-refractivity contribution in [2.45, 2.75) is 32.5 Å². The Morgan fingerprint density at radius 1 is 1.45 bits per heavy atom. The van der Waals surface area contributed by atoms with E-state index in [0.717, 1.165) is 0 Å². The molecule has 150 valence electrons. The lowest BCUT2D eigenvalue weighted by atomic mass is 10.1. The van der Waals surface area contributed by atoms with Crippen LogP contribution in [0, 0.1) is 17.1 Å². The lowest BCUT2D eigenvalue weighted by Crippen LogP contribution is -2.36. The largest absolute Gasteiger partial charge is 0.385 e. The number of aliphatic hydroxyl groups is 1. The minimum absolute atomic E-state index is 0.0156. The van der Waals surface area contributed by atoms with E-state index in [1.54, 1.807) is 29.9 Å². The third-order valence-corrected chi connectivity index (χ3v) is 4.40. The number of hydrogen-bond donors (Lipinski definition) is 2. The van der Waals surface area contributed by atoms with Gasteiger partial charge in [-0.2, -0.15) is 10.4 Å². The molecule has 3 aromatic rings. The maximum atomic E-state index is 14.0. The third-order valence-electron chi connectivity index (χ3n) is 4.10. The van der Waals surface area contributed by atoms with Crippen molar-refractivity contribution in [2.75, 3.05) is 0 Å². The quantitative estimate of drug-likeness (QED) is 0.636. The van der Waals surface area contributed by atoms with Crippen molar-refractivity contribution >= 4 is 17.5 Å². The molecule has 0 saturated heterocycles. The Labute approximate surface area is 170 Å². The zero-order chi connectivity index (χ0) is 21.1. The van der Waals surface area contributed by atoms with E-state index in [1.165, 1.54) is 25.1 Å². The molecular weight excluding hydrogens is 401 g/mol. The molecule has 2 unspecified atom stereocenters. The van der Waals surface area contributed by atoms with Crippen LogP contribution < -0.4 is 5.32 Å². The normalized spacial score (nSPS) is 13.0. The first kappa shape index (κ1) is 20.5. The lowest BCUT2D eigenvalue weighted by molar-refractivity contribution is 0.0925. The van der Waals surface area contributed by atoms with Gasteiger partial charge in [0, 0.05) is 23.9 Å². The number of halogens is 2. The summed E-state index contributed by atoms with van der Waals surface area (Å²) in [6.45, 7) is 3.64. The SMILES string of the molecule is CC(Cn1ccc(-c2cc(F)c(C#N)c(Cl)c2)n1)NC(=O)c1cc(C(C)O)on1. The van der Waals surface area contributed by atoms with Gasteiger partial charge in [-0.1, -0.05) is 16.8 Å². The molecule has 0 radical (unpaired) electrons. The molecule has 0 bridgehead atoms. The minimum Gasteiger partial charge on any atom is -0.385 e. The van der Waals surface area contributed by atoms with Gasteiger partial charge in [-0.25, -0.2) is 4.39 Å². The summed E-state index contributed by atoms with van der Waals surface area (Å²) >= 11 is 5.94. The van der Waals surface area contributed by atoms with Gasteiger partial charge >= 0.3 is 0 Å². The Morgan fingerprint density at radius 3 is 2.83 bits per heavy atom. The number of benzene rings is 1. The average molecular weight is 418 g/mol. The molecule has 29 heavy (non-hydrogen) atoms. The second-order valence-electron chi connectivity index (χ2n) is 6.51. The molecule has 0 spiro atoms. The van der Waals surface area contributed by atoms with Crippen molar-refractivity contribution in [2.24, 2.45) is 0 Å². The number of nitrogens with zero attached hydrogens (tertiary/aromatic N) is 4. The summed E-state index contributed by atoms with van der Waals surface area (Å²) in [6.07, 6.45) is 0.827. The fourth-order valence-electron chi connectivity index (χ4n) is 2.66. The highest BCUT2D eigenvalue weighted by molar-refractivity contribution is 6.32. The number of rotatable bonds is 6. The highest BCUT2D eigenvalue weighted by Gasteiger charge is 2.18. The predicted octanol–water partition coefficient (Wildman–Crippen LogP) is 3.07. The maximum Gasteiger partial charge on any atom is 0.273 e. The van der Waals surface area contributed by atoms with Crippen molar-refractivity contribution < 1.29 is 18.8 Å². The molecule has 1 aromatic carbocycles. The van der Waals surface area contributed by atoms with Crippen LogP contribution in [0.5, 0.6) is 0 Å². The molecule has 2 N–H and O–H groups in total. The topological polar surface area (TPSA) is 117 Å². The number of amides is 1. The number of carbonyl (C=O) groups is 1. The molecule has 0 saturated carbocycles. The van der Waals surface area contributed by atoms with Gasteiger partial charge in [-0.3, -0.25) is 9.48 Å². The molecule has 0 fully saturated rings. The number of aliphatic hydroxyl groups excluding tert-OH is 1. The summed E-state index contributed by atoms with van der Waals surface area (Å²) in [4.78, 5) is 12.2. The van der Waals surface area contributed by atoms with Crippen LogP contribution in [-0.4, -0.2) is 32.0 Å². The van der Waals surface area contributed by atoms with E-state index in [4.69, 9.17) is 21.4 Å². The summed E-state index contributed by atoms with van der Waals surface area (Å²) in [6, 6.07) is 7.15. The van der Waals surface area contributed by atoms with Crippen LogP contribution in [0.2, 0.25) is 5.02 Å². The number of aromatic nitrogens is 3. The van der Waals surface area contributed by atoms with Gasteiger partial charge in [0.05, 0.1) is 17.3 Å². The number of hydrogen-bond acceptors (Lipinski definition) is 6. The van der Waals surface area contributed by atoms with Crippen molar-refractivity contribution in [3.05, 3.63) is 58.3 Å². The monoisotopic (exact) mass is 417 g/mol. The summed E-state index contributed by atoms with van der Waals surface area (Å²) < 4.78 is 20.4. The third kappa shape index (κ3) is 4.62. The number of carbonyl (C=O) groups excluding carboxylic acids is 1. The zero-order valence-electron chi connectivity index (χ0n) is 15.6. The zero-order valence-corrected chi connectivity index (χ0v) is 16.3. The molecule has 0 aliphatic heterocycles. The van der Waals surface area contributed by atoms with Gasteiger partial charge in [0.1, 0.15) is 23.6 Å². The van der Waals surface area contributed by atoms with Crippen LogP contribution in [0.4, 0.5) is 4.39 Å². The van der Waals surface area contributed by atoms with E-state index in [0.29, 0.717) is 17.8 Å². The van der Waals surface area contributed by atoms with Gasteiger partial charge in [0.15, 0.2) is 11.5 Å². The van der Waals surface area contributed by atoms with Crippen LogP contribution in [0.1, 0.15) is 41.8 Å². The minimum atomic E-state index is -0.857. The first-order chi connectivity index (χ1) is 13.8. The van der Waals surface area contributed by atoms with Crippen LogP contribution >= 0.6 is 11.6 Å². The van der Waals surface area contributed by atoms with Gasteiger partial charge in [-0.15, -0.1) is 0 Å². The molecule has 2 atom stereocenters. The highest BCUT2D eigenvalue weighted by atomic mass is 35.5. The van der Waals surface area contributed by atoms with E-state index in [-0.39, 0.29) is 28.1 Å². The Bertz CT molecular complexity index is 1060. The Balaban J connectivity index is 1.66. The second kappa shape index (κ2) is 8.43. The van der Waals surface area contributed by atoms with Gasteiger partial charge < -0.3 is 14.9 Å². The molecule has 1 amide bonds. The Kier molecular flexibility index (Phi) is 5.96. The van der Waals surface area contributed by atoms with Crippen molar-refractivity contribution in [1.82, 2.24) is 20.3 Å². The van der Waals surface area contributed by atoms with Gasteiger partial charge in [0.25, 0.3) is 5.91 Å². The van der Waals surface area contributed by atoms with E-state index < -0.39 is 17.8 Å². The van der Waals surface area contributed by atoms with Gasteiger partial charge in [0.2, 0.25) is 0 Å². The first-order valence-electron chi connectivity index (χ1n) is 8.67. The molecule has 10 heteroatoms. The number of nitrogens with one attached hydrogen (secondary N) is 1. The van der Waals surface area contributed by atoms with E-state index >= 15 is 0 Å². The maximum absolute atomic E-state index is 14.0. The summed E-state index contributed by atoms with van der Waals surface area (Å²) in [5, 5.41) is 29.1. The predicted molar refractivity (Wildman–Crippen MR) is 101 cm³/mol. The number of nitriles is 1. The lowest BCUT2D eigenvalue weighted by Gasteiger charge is -2.12. The molecule has 3 rings (SSSR count). The molecule has 2 heterocycles. The summed E-state index contributed by atoms with van der Waals surface area (Å²) in [7, 11) is 0. The van der Waals surface area contributed by atoms with Crippen molar-refractivity contribution in [3.63, 3.8) is 0 Å². The van der Waals surface area contributed by atoms with E-state index in [1.807, 2.05) is 0 Å². The van der Waals surface area contributed by atoms with E-state index in [9.17, 15) is 14.3 Å². The molecular formula is C19H17ClFN5O3. The molecule has 0 aliphatic rings. The Hall–Kier alpha value is -3.22. The second-order valence-corrected chi connectivity index (χ2v) is 6.92. The standard InChI is InChI=1S/C19H17ClFN5O3/c1-10(23-19(28)17-7-18(11(2)27)29-25-17)9-26-4-3-16(24-26)12-5-14(20)13(8-22)15(21)6-12/h3-7,10-11,27H,9H2,1-2H3,(H,23,28). The summed E-state index contributed by atoms with van der Waals surface area (Å²) in [5.74, 6) is -0.955. The van der Waals surface area contributed by atoms with Crippen molar-refractivity contribution in [1.29, 1.82) is 5.26 Å². The van der Waals surface area contributed by atoms with Crippen LogP contribution in [0.3, 0.4) is 0 Å². The van der Waals surface area contributed by atoms with Gasteiger partial charge in [-0.05, 0) is 32.0 Å². The molecule has 2 aromatic heterocycles.